The van der Waals surface area contributed by atoms with E-state index in [2.05, 4.69) is 25.8 Å². The van der Waals surface area contributed by atoms with Crippen LogP contribution in [0, 0.1) is 35.5 Å². The number of benzene rings is 2. The topological polar surface area (TPSA) is 243 Å². The minimum Gasteiger partial charge on any atom is -0.495 e. The van der Waals surface area contributed by atoms with E-state index in [4.69, 9.17) is 24.1 Å². The second kappa shape index (κ2) is 32.0. The molecular weight excluding hydrogens is 1170 g/mol. The van der Waals surface area contributed by atoms with E-state index in [9.17, 15) is 46.7 Å². The van der Waals surface area contributed by atoms with Crippen molar-refractivity contribution in [3.05, 3.63) is 47.5 Å². The van der Waals surface area contributed by atoms with Crippen LogP contribution >= 0.6 is 0 Å². The van der Waals surface area contributed by atoms with E-state index in [1.807, 2.05) is 35.5 Å². The number of carbonyl (C=O) groups excluding carboxylic acids is 7. The van der Waals surface area contributed by atoms with Crippen molar-refractivity contribution in [2.24, 2.45) is 35.5 Å². The van der Waals surface area contributed by atoms with Crippen molar-refractivity contribution in [3.63, 3.8) is 0 Å². The van der Waals surface area contributed by atoms with Crippen LogP contribution in [0.1, 0.15) is 144 Å². The number of piperidine rings is 6. The molecule has 8 aliphatic heterocycles. The minimum atomic E-state index is -5.08. The Hall–Kier alpha value is -6.73. The zero-order chi connectivity index (χ0) is 64.7. The molecular formula is C65H95F3N10O12. The Bertz CT molecular complexity index is 2790. The first-order chi connectivity index (χ1) is 42.9. The molecule has 9 amide bonds. The number of rotatable bonds is 14. The van der Waals surface area contributed by atoms with Crippen LogP contribution in [0.25, 0.3) is 0 Å². The second-order valence-corrected chi connectivity index (χ2v) is 26.6. The third kappa shape index (κ3) is 19.9. The molecule has 2 aromatic rings. The Morgan fingerprint density at radius 1 is 0.511 bits per heavy atom. The number of carbonyl (C=O) groups is 8. The van der Waals surface area contributed by atoms with Crippen LogP contribution < -0.4 is 35.2 Å². The fourth-order valence-corrected chi connectivity index (χ4v) is 13.9. The average molecular weight is 1270 g/mol. The van der Waals surface area contributed by atoms with Crippen molar-refractivity contribution in [1.82, 2.24) is 40.4 Å². The van der Waals surface area contributed by atoms with Crippen molar-refractivity contribution >= 4 is 59.1 Å². The maximum atomic E-state index is 13.5. The molecule has 0 spiro atoms. The van der Waals surface area contributed by atoms with Crippen molar-refractivity contribution in [1.29, 1.82) is 0 Å². The molecule has 0 bridgehead atoms. The first kappa shape index (κ1) is 69.2. The van der Waals surface area contributed by atoms with Gasteiger partial charge < -0.3 is 49.1 Å². The van der Waals surface area contributed by atoms with Gasteiger partial charge >= 0.3 is 30.3 Å². The van der Waals surface area contributed by atoms with Gasteiger partial charge in [0.15, 0.2) is 0 Å². The van der Waals surface area contributed by atoms with Gasteiger partial charge in [-0.05, 0) is 222 Å². The molecule has 8 aliphatic rings. The largest absolute Gasteiger partial charge is 0.495 e. The number of carboxylic acids is 1. The van der Waals surface area contributed by atoms with E-state index in [0.717, 1.165) is 115 Å². The van der Waals surface area contributed by atoms with Crippen molar-refractivity contribution in [2.45, 2.75) is 135 Å². The number of nitrogens with one attached hydrogen (secondary N) is 3. The predicted molar refractivity (Wildman–Crippen MR) is 332 cm³/mol. The molecule has 2 aromatic carbocycles. The molecule has 10 rings (SSSR count). The zero-order valence-corrected chi connectivity index (χ0v) is 53.3. The van der Waals surface area contributed by atoms with Crippen LogP contribution in [-0.4, -0.2) is 208 Å². The summed E-state index contributed by atoms with van der Waals surface area (Å²) in [4.78, 5) is 110. The van der Waals surface area contributed by atoms with E-state index < -0.39 is 29.8 Å². The Balaban J connectivity index is 0.000000212. The van der Waals surface area contributed by atoms with Crippen LogP contribution in [0.3, 0.4) is 0 Å². The van der Waals surface area contributed by atoms with E-state index in [1.165, 1.54) is 108 Å². The van der Waals surface area contributed by atoms with E-state index in [-0.39, 0.29) is 55.7 Å². The van der Waals surface area contributed by atoms with Crippen LogP contribution in [0.2, 0.25) is 0 Å². The molecule has 0 radical (unpaired) electrons. The average Bonchev–Trinajstić information content (AvgIpc) is 1.05. The van der Waals surface area contributed by atoms with Gasteiger partial charge in [-0.3, -0.25) is 39.6 Å². The van der Waals surface area contributed by atoms with E-state index >= 15 is 0 Å². The number of likely N-dealkylation sites (tertiary alicyclic amines) is 5. The Kier molecular flexibility index (Phi) is 24.6. The van der Waals surface area contributed by atoms with Crippen LogP contribution in [0.5, 0.6) is 11.5 Å². The van der Waals surface area contributed by atoms with E-state index in [0.29, 0.717) is 51.8 Å². The molecule has 0 saturated carbocycles. The van der Waals surface area contributed by atoms with Gasteiger partial charge in [0.25, 0.3) is 11.8 Å². The lowest BCUT2D eigenvalue weighted by Gasteiger charge is -2.39. The normalized spacial score (nSPS) is 21.4. The Morgan fingerprint density at radius 2 is 0.856 bits per heavy atom. The number of carboxylic acid groups (broad SMARTS) is 1. The molecule has 90 heavy (non-hydrogen) atoms. The number of imide groups is 2. The highest BCUT2D eigenvalue weighted by atomic mass is 19.4. The highest BCUT2D eigenvalue weighted by Gasteiger charge is 2.39. The fourth-order valence-electron chi connectivity index (χ4n) is 13.9. The highest BCUT2D eigenvalue weighted by molar-refractivity contribution is 6.08. The molecule has 0 aliphatic carbocycles. The number of hydrogen-bond acceptors (Lipinski definition) is 14. The molecule has 0 unspecified atom stereocenters. The number of halogens is 3. The monoisotopic (exact) mass is 1260 g/mol. The number of ether oxygens (including phenoxy) is 3. The summed E-state index contributed by atoms with van der Waals surface area (Å²) in [5.41, 5.74) is 1.64. The third-order valence-electron chi connectivity index (χ3n) is 19.1. The first-order valence-corrected chi connectivity index (χ1v) is 32.5. The third-order valence-corrected chi connectivity index (χ3v) is 19.1. The lowest BCUT2D eigenvalue weighted by Crippen LogP contribution is -2.49. The van der Waals surface area contributed by atoms with Crippen molar-refractivity contribution in [2.75, 3.05) is 129 Å². The summed E-state index contributed by atoms with van der Waals surface area (Å²) in [6, 6.07) is 9.42. The number of amides is 9. The van der Waals surface area contributed by atoms with Gasteiger partial charge in [0.05, 0.1) is 25.6 Å². The van der Waals surface area contributed by atoms with Gasteiger partial charge in [-0.2, -0.15) is 13.2 Å². The number of hydrogen-bond donors (Lipinski definition) is 4. The first-order valence-electron chi connectivity index (χ1n) is 32.5. The van der Waals surface area contributed by atoms with E-state index in [1.54, 1.807) is 36.4 Å². The SMILES string of the molecule is COc1ccc(C(=O)N2CCC(CC3CCN(CC4CCN(C(=O)OC(C)(C)C)CC4)CC3)CC2)cc1N1CCC(=O)NC1=O.COc1ccc(C(=O)N2CCC(CC3CCN(CC4CCNCC4)CC3)CC2)cc1N1CCC(=O)NC1=O.O=C(O)C(F)(F)F. The maximum absolute atomic E-state index is 13.5. The van der Waals surface area contributed by atoms with Crippen molar-refractivity contribution < 1.29 is 70.8 Å². The van der Waals surface area contributed by atoms with Gasteiger partial charge in [0.2, 0.25) is 11.8 Å². The summed E-state index contributed by atoms with van der Waals surface area (Å²) in [6.07, 6.45) is 11.7. The Labute approximate surface area is 527 Å². The van der Waals surface area contributed by atoms with Gasteiger partial charge in [-0.1, -0.05) is 0 Å². The smallest absolute Gasteiger partial charge is 0.490 e. The summed E-state index contributed by atoms with van der Waals surface area (Å²) in [5, 5.41) is 15.3. The molecule has 22 nitrogen and oxygen atoms in total. The molecule has 4 N–H and O–H groups in total. The number of aliphatic carboxylic acids is 1. The molecule has 8 saturated heterocycles. The molecule has 8 fully saturated rings. The standard InChI is InChI=1S/C34H51N5O6.C29H43N5O4.C2HF3O2/c1-34(2,3)45-33(43)38-18-11-26(12-19-38)23-36-14-7-24(8-15-36)21-25-9-16-37(17-10-25)31(41)27-5-6-29(44-4)28(22-27)39-20-13-30(40)35-32(39)42;1-38-26-3-2-24(19-25(26)34-17-10-27(35)31-29(34)37)28(36)33-15-8-22(9-16-33)18-21-6-13-32(14-7-21)20-23-4-11-30-12-5-23;3-2(4,5)1(6)7/h5-6,22,24-26H,7-21,23H2,1-4H3,(H,35,40,42);2-3,19,21-23,30H,4-18,20H2,1H3,(H,31,35,37);(H,6,7). The summed E-state index contributed by atoms with van der Waals surface area (Å²) >= 11 is 0. The number of alkyl halides is 3. The second-order valence-electron chi connectivity index (χ2n) is 26.6. The van der Waals surface area contributed by atoms with Crippen molar-refractivity contribution in [3.8, 4) is 11.5 Å². The summed E-state index contributed by atoms with van der Waals surface area (Å²) in [6.45, 7) is 20.4. The zero-order valence-electron chi connectivity index (χ0n) is 53.3. The lowest BCUT2D eigenvalue weighted by atomic mass is 9.82. The Morgan fingerprint density at radius 3 is 1.20 bits per heavy atom. The van der Waals surface area contributed by atoms with Gasteiger partial charge in [0, 0.05) is 89.4 Å². The van der Waals surface area contributed by atoms with Crippen LogP contribution in [0.15, 0.2) is 36.4 Å². The lowest BCUT2D eigenvalue weighted by molar-refractivity contribution is -0.192. The summed E-state index contributed by atoms with van der Waals surface area (Å²) < 4.78 is 48.2. The molecule has 0 aromatic heterocycles. The number of nitrogens with zero attached hydrogens (tertiary/aromatic N) is 7. The quantitative estimate of drug-likeness (QED) is 0.139. The maximum Gasteiger partial charge on any atom is 0.490 e. The highest BCUT2D eigenvalue weighted by Crippen LogP contribution is 2.37. The number of methoxy groups -OCH3 is 2. The molecule has 0 atom stereocenters. The van der Waals surface area contributed by atoms with Gasteiger partial charge in [0.1, 0.15) is 17.1 Å². The van der Waals surface area contributed by atoms with Crippen LogP contribution in [-0.2, 0) is 19.1 Å². The fraction of sp³-hybridized carbons (Fsp3) is 0.692. The van der Waals surface area contributed by atoms with Crippen LogP contribution in [0.4, 0.5) is 38.9 Å². The molecule has 25 heteroatoms. The summed E-state index contributed by atoms with van der Waals surface area (Å²) in [7, 11) is 3.07. The molecule has 8 heterocycles. The predicted octanol–water partition coefficient (Wildman–Crippen LogP) is 8.47. The summed E-state index contributed by atoms with van der Waals surface area (Å²) in [5.74, 6) is 2.03. The number of anilines is 2. The molecule has 498 valence electrons. The van der Waals surface area contributed by atoms with Gasteiger partial charge in [-0.15, -0.1) is 0 Å². The number of urea groups is 2. The minimum absolute atomic E-state index is 0.00734. The van der Waals surface area contributed by atoms with Gasteiger partial charge in [-0.25, -0.2) is 19.2 Å².